The molecule has 1 fully saturated rings. The van der Waals surface area contributed by atoms with Crippen LogP contribution in [-0.2, 0) is 4.79 Å². The minimum atomic E-state index is -0.121. The average molecular weight is 413 g/mol. The van der Waals surface area contributed by atoms with Gasteiger partial charge in [0, 0.05) is 12.1 Å². The number of aliphatic imine (C=N–C) groups is 1. The molecule has 0 unspecified atom stereocenters. The summed E-state index contributed by atoms with van der Waals surface area (Å²) in [7, 11) is 3.25. The van der Waals surface area contributed by atoms with Crippen LogP contribution in [-0.4, -0.2) is 36.7 Å². The van der Waals surface area contributed by atoms with Gasteiger partial charge in [-0.3, -0.25) is 9.69 Å². The van der Waals surface area contributed by atoms with Crippen LogP contribution < -0.4 is 9.47 Å². The molecule has 1 heterocycles. The molecule has 1 aliphatic heterocycles. The van der Waals surface area contributed by atoms with Crippen LogP contribution in [0.15, 0.2) is 52.4 Å². The van der Waals surface area contributed by atoms with E-state index >= 15 is 0 Å². The van der Waals surface area contributed by atoms with Crippen LogP contribution in [0.2, 0.25) is 5.02 Å². The van der Waals surface area contributed by atoms with Crippen molar-refractivity contribution in [1.82, 2.24) is 4.90 Å². The molecule has 1 amide bonds. The van der Waals surface area contributed by atoms with Gasteiger partial charge in [0.05, 0.1) is 17.7 Å². The summed E-state index contributed by atoms with van der Waals surface area (Å²) in [5, 5.41) is 1.23. The lowest BCUT2D eigenvalue weighted by atomic mass is 10.2. The molecule has 1 saturated heterocycles. The molecule has 7 heteroatoms. The van der Waals surface area contributed by atoms with E-state index in [0.29, 0.717) is 26.6 Å². The van der Waals surface area contributed by atoms with Crippen LogP contribution >= 0.6 is 23.4 Å². The van der Waals surface area contributed by atoms with Crippen molar-refractivity contribution < 1.29 is 14.3 Å². The van der Waals surface area contributed by atoms with Gasteiger partial charge in [-0.1, -0.05) is 23.6 Å². The molecule has 142 valence electrons. The quantitative estimate of drug-likeness (QED) is 0.532. The highest BCUT2D eigenvalue weighted by Gasteiger charge is 2.30. The number of carbonyl (C=O) groups is 1. The first kappa shape index (κ1) is 19.9. The molecule has 0 atom stereocenters. The maximum Gasteiger partial charge on any atom is 0.266 e. The van der Waals surface area contributed by atoms with Crippen molar-refractivity contribution in [1.29, 1.82) is 0 Å². The van der Waals surface area contributed by atoms with Crippen molar-refractivity contribution in [2.45, 2.75) is 0 Å². The number of nitrogens with zero attached hydrogens (tertiary/aromatic N) is 2. The lowest BCUT2D eigenvalue weighted by Gasteiger charge is -2.09. The number of hydrogen-bond acceptors (Lipinski definition) is 5. The molecule has 0 aromatic heterocycles. The highest BCUT2D eigenvalue weighted by Crippen LogP contribution is 2.35. The minimum absolute atomic E-state index is 0.121. The van der Waals surface area contributed by atoms with Gasteiger partial charge < -0.3 is 9.47 Å². The van der Waals surface area contributed by atoms with Gasteiger partial charge in [-0.05, 0) is 59.8 Å². The van der Waals surface area contributed by atoms with Crippen LogP contribution in [0.25, 0.3) is 6.08 Å². The smallest absolute Gasteiger partial charge is 0.266 e. The molecule has 0 aliphatic carbocycles. The summed E-state index contributed by atoms with van der Waals surface area (Å²) >= 11 is 7.21. The van der Waals surface area contributed by atoms with E-state index in [2.05, 4.69) is 10.9 Å². The molecule has 0 saturated carbocycles. The van der Waals surface area contributed by atoms with Crippen LogP contribution in [0, 0.1) is 12.3 Å². The Hall–Kier alpha value is -2.88. The number of methoxy groups -OCH3 is 1. The van der Waals surface area contributed by atoms with Gasteiger partial charge in [0.15, 0.2) is 16.7 Å². The SMILES string of the molecule is C#CCOc1ccc(/C=C2/SC(=Nc3ccc(Cl)cc3)N(C)C2=O)cc1OC. The maximum atomic E-state index is 12.6. The first-order chi connectivity index (χ1) is 13.5. The molecular formula is C21H17ClN2O3S. The molecule has 0 bridgehead atoms. The molecule has 0 radical (unpaired) electrons. The fourth-order valence-electron chi connectivity index (χ4n) is 2.44. The monoisotopic (exact) mass is 412 g/mol. The standard InChI is InChI=1S/C21H17ClN2O3S/c1-4-11-27-17-10-5-14(12-18(17)26-3)13-19-20(25)24(2)21(28-19)23-16-8-6-15(22)7-9-16/h1,5-10,12-13H,11H2,2-3H3/b19-13+,23-21?. The molecule has 2 aromatic carbocycles. The van der Waals surface area contributed by atoms with E-state index in [1.54, 1.807) is 56.6 Å². The molecule has 1 aliphatic rings. The fourth-order valence-corrected chi connectivity index (χ4v) is 3.55. The number of likely N-dealkylation sites (N-methyl/N-ethyl adjacent to an activating group) is 1. The third-order valence-electron chi connectivity index (χ3n) is 3.85. The number of benzene rings is 2. The number of hydrogen-bond donors (Lipinski definition) is 0. The lowest BCUT2D eigenvalue weighted by molar-refractivity contribution is -0.121. The summed E-state index contributed by atoms with van der Waals surface area (Å²) in [6, 6.07) is 12.5. The Kier molecular flexibility index (Phi) is 6.30. The fraction of sp³-hybridized carbons (Fsp3) is 0.143. The van der Waals surface area contributed by atoms with Crippen LogP contribution in [0.4, 0.5) is 5.69 Å². The zero-order valence-electron chi connectivity index (χ0n) is 15.3. The number of terminal acetylenes is 1. The first-order valence-corrected chi connectivity index (χ1v) is 9.47. The highest BCUT2D eigenvalue weighted by molar-refractivity contribution is 8.18. The molecule has 0 spiro atoms. The predicted molar refractivity (Wildman–Crippen MR) is 114 cm³/mol. The van der Waals surface area contributed by atoms with Crippen molar-refractivity contribution in [3.8, 4) is 23.8 Å². The summed E-state index contributed by atoms with van der Waals surface area (Å²) in [5.41, 5.74) is 1.53. The molecule has 0 N–H and O–H groups in total. The summed E-state index contributed by atoms with van der Waals surface area (Å²) in [6.07, 6.45) is 7.02. The third-order valence-corrected chi connectivity index (χ3v) is 5.16. The zero-order valence-corrected chi connectivity index (χ0v) is 16.9. The van der Waals surface area contributed by atoms with Gasteiger partial charge in [-0.15, -0.1) is 6.42 Å². The van der Waals surface area contributed by atoms with Crippen molar-refractivity contribution in [3.63, 3.8) is 0 Å². The summed E-state index contributed by atoms with van der Waals surface area (Å²) in [4.78, 5) is 19.2. The van der Waals surface area contributed by atoms with E-state index in [9.17, 15) is 4.79 Å². The second-order valence-electron chi connectivity index (χ2n) is 5.75. The molecule has 28 heavy (non-hydrogen) atoms. The van der Waals surface area contributed by atoms with E-state index in [1.807, 2.05) is 6.07 Å². The Labute approximate surface area is 173 Å². The largest absolute Gasteiger partial charge is 0.493 e. The second-order valence-corrected chi connectivity index (χ2v) is 7.19. The van der Waals surface area contributed by atoms with Crippen LogP contribution in [0.3, 0.4) is 0 Å². The third kappa shape index (κ3) is 4.50. The number of rotatable bonds is 5. The number of amides is 1. The van der Waals surface area contributed by atoms with Gasteiger partial charge >= 0.3 is 0 Å². The number of thioether (sulfide) groups is 1. The van der Waals surface area contributed by atoms with Gasteiger partial charge in [-0.2, -0.15) is 0 Å². The highest BCUT2D eigenvalue weighted by atomic mass is 35.5. The van der Waals surface area contributed by atoms with E-state index in [1.165, 1.54) is 16.7 Å². The number of ether oxygens (including phenoxy) is 2. The lowest BCUT2D eigenvalue weighted by Crippen LogP contribution is -2.23. The summed E-state index contributed by atoms with van der Waals surface area (Å²) < 4.78 is 10.8. The van der Waals surface area contributed by atoms with Crippen molar-refractivity contribution in [3.05, 3.63) is 58.0 Å². The zero-order chi connectivity index (χ0) is 20.1. The van der Waals surface area contributed by atoms with E-state index in [4.69, 9.17) is 27.5 Å². The number of amidine groups is 1. The molecule has 2 aromatic rings. The second kappa shape index (κ2) is 8.87. The Morgan fingerprint density at radius 1 is 1.25 bits per heavy atom. The van der Waals surface area contributed by atoms with Gasteiger partial charge in [0.2, 0.25) is 0 Å². The first-order valence-electron chi connectivity index (χ1n) is 8.28. The van der Waals surface area contributed by atoms with Crippen molar-refractivity contribution >= 4 is 46.2 Å². The Balaban J connectivity index is 1.85. The van der Waals surface area contributed by atoms with Gasteiger partial charge in [-0.25, -0.2) is 4.99 Å². The van der Waals surface area contributed by atoms with E-state index in [-0.39, 0.29) is 12.5 Å². The summed E-state index contributed by atoms with van der Waals surface area (Å²) in [5.74, 6) is 3.39. The Morgan fingerprint density at radius 3 is 2.68 bits per heavy atom. The summed E-state index contributed by atoms with van der Waals surface area (Å²) in [6.45, 7) is 0.153. The van der Waals surface area contributed by atoms with Gasteiger partial charge in [0.25, 0.3) is 5.91 Å². The predicted octanol–water partition coefficient (Wildman–Crippen LogP) is 4.59. The Bertz CT molecular complexity index is 994. The van der Waals surface area contributed by atoms with Crippen LogP contribution in [0.1, 0.15) is 5.56 Å². The topological polar surface area (TPSA) is 51.1 Å². The minimum Gasteiger partial charge on any atom is -0.493 e. The van der Waals surface area contributed by atoms with Gasteiger partial charge in [0.1, 0.15) is 6.61 Å². The van der Waals surface area contributed by atoms with Crippen LogP contribution in [0.5, 0.6) is 11.5 Å². The van der Waals surface area contributed by atoms with Crippen molar-refractivity contribution in [2.24, 2.45) is 4.99 Å². The maximum absolute atomic E-state index is 12.6. The van der Waals surface area contributed by atoms with Crippen molar-refractivity contribution in [2.75, 3.05) is 20.8 Å². The molecular weight excluding hydrogens is 396 g/mol. The number of carbonyl (C=O) groups excluding carboxylic acids is 1. The average Bonchev–Trinajstić information content (AvgIpc) is 2.96. The normalized spacial score (nSPS) is 16.5. The molecule has 3 rings (SSSR count). The molecule has 5 nitrogen and oxygen atoms in total. The van der Waals surface area contributed by atoms with E-state index in [0.717, 1.165) is 11.3 Å². The number of halogens is 1. The Morgan fingerprint density at radius 2 is 2.00 bits per heavy atom. The van der Waals surface area contributed by atoms with E-state index < -0.39 is 0 Å².